The van der Waals surface area contributed by atoms with Crippen molar-refractivity contribution in [3.05, 3.63) is 21.9 Å². The molecule has 20 heavy (non-hydrogen) atoms. The van der Waals surface area contributed by atoms with Crippen LogP contribution in [0, 0.1) is 6.92 Å². The third-order valence-electron chi connectivity index (χ3n) is 3.86. The average Bonchev–Trinajstić information content (AvgIpc) is 2.69. The molecule has 0 radical (unpaired) electrons. The van der Waals surface area contributed by atoms with Crippen molar-refractivity contribution in [2.75, 3.05) is 19.6 Å². The molecule has 1 aromatic rings. The molecule has 1 saturated heterocycles. The van der Waals surface area contributed by atoms with Gasteiger partial charge in [0.25, 0.3) is 0 Å². The van der Waals surface area contributed by atoms with Crippen LogP contribution in [0.4, 0.5) is 0 Å². The minimum Gasteiger partial charge on any atom is -0.342 e. The van der Waals surface area contributed by atoms with E-state index in [4.69, 9.17) is 0 Å². The Morgan fingerprint density at radius 2 is 2.00 bits per heavy atom. The molecule has 1 aliphatic heterocycles. The van der Waals surface area contributed by atoms with Crippen molar-refractivity contribution in [2.24, 2.45) is 0 Å². The van der Waals surface area contributed by atoms with Crippen LogP contribution in [0.15, 0.2) is 12.1 Å². The molecule has 0 bridgehead atoms. The topological polar surface area (TPSA) is 32.3 Å². The van der Waals surface area contributed by atoms with E-state index < -0.39 is 0 Å². The Balaban J connectivity index is 1.71. The van der Waals surface area contributed by atoms with Crippen molar-refractivity contribution in [2.45, 2.75) is 52.0 Å². The third-order valence-corrected chi connectivity index (χ3v) is 4.89. The van der Waals surface area contributed by atoms with Crippen molar-refractivity contribution in [1.29, 1.82) is 0 Å². The number of hydrogen-bond donors (Lipinski definition) is 1. The number of rotatable bonds is 5. The monoisotopic (exact) mass is 294 g/mol. The van der Waals surface area contributed by atoms with Crippen molar-refractivity contribution >= 4 is 17.2 Å². The Labute approximate surface area is 126 Å². The summed E-state index contributed by atoms with van der Waals surface area (Å²) in [7, 11) is 0. The number of thiophene rings is 1. The lowest BCUT2D eigenvalue weighted by atomic mass is 10.2. The van der Waals surface area contributed by atoms with Crippen LogP contribution in [0.2, 0.25) is 0 Å². The molecule has 1 aliphatic rings. The lowest BCUT2D eigenvalue weighted by molar-refractivity contribution is -0.130. The highest BCUT2D eigenvalue weighted by Crippen LogP contribution is 2.16. The molecule has 4 heteroatoms. The van der Waals surface area contributed by atoms with Gasteiger partial charge in [0.2, 0.25) is 5.91 Å². The number of likely N-dealkylation sites (tertiary alicyclic amines) is 1. The van der Waals surface area contributed by atoms with Gasteiger partial charge in [0.15, 0.2) is 0 Å². The summed E-state index contributed by atoms with van der Waals surface area (Å²) in [6.07, 6.45) is 5.87. The first-order chi connectivity index (χ1) is 9.65. The van der Waals surface area contributed by atoms with Gasteiger partial charge in [-0.05, 0) is 45.2 Å². The van der Waals surface area contributed by atoms with E-state index in [2.05, 4.69) is 31.3 Å². The number of aryl methyl sites for hydroxylation is 1. The van der Waals surface area contributed by atoms with E-state index in [1.54, 1.807) is 0 Å². The molecular weight excluding hydrogens is 268 g/mol. The molecule has 1 unspecified atom stereocenters. The van der Waals surface area contributed by atoms with E-state index in [1.165, 1.54) is 22.6 Å². The lowest BCUT2D eigenvalue weighted by Gasteiger charge is -2.22. The lowest BCUT2D eigenvalue weighted by Crippen LogP contribution is -2.41. The van der Waals surface area contributed by atoms with Crippen LogP contribution >= 0.6 is 11.3 Å². The normalized spacial score (nSPS) is 17.8. The average molecular weight is 294 g/mol. The van der Waals surface area contributed by atoms with Crippen LogP contribution in [-0.2, 0) is 11.2 Å². The van der Waals surface area contributed by atoms with Crippen molar-refractivity contribution in [3.8, 4) is 0 Å². The van der Waals surface area contributed by atoms with Gasteiger partial charge in [-0.3, -0.25) is 4.79 Å². The highest BCUT2D eigenvalue weighted by atomic mass is 32.1. The molecule has 3 nitrogen and oxygen atoms in total. The second-order valence-electron chi connectivity index (χ2n) is 5.79. The molecule has 0 aromatic carbocycles. The molecule has 0 spiro atoms. The molecular formula is C16H26N2OS. The van der Waals surface area contributed by atoms with E-state index in [0.717, 1.165) is 32.4 Å². The zero-order chi connectivity index (χ0) is 14.4. The molecule has 0 aliphatic carbocycles. The van der Waals surface area contributed by atoms with E-state index in [-0.39, 0.29) is 5.91 Å². The van der Waals surface area contributed by atoms with Gasteiger partial charge in [-0.1, -0.05) is 12.8 Å². The summed E-state index contributed by atoms with van der Waals surface area (Å²) in [5.74, 6) is 0.265. The zero-order valence-corrected chi connectivity index (χ0v) is 13.5. The summed E-state index contributed by atoms with van der Waals surface area (Å²) in [5, 5.41) is 3.37. The van der Waals surface area contributed by atoms with Crippen molar-refractivity contribution in [1.82, 2.24) is 10.2 Å². The molecule has 112 valence electrons. The number of carbonyl (C=O) groups excluding carboxylic acids is 1. The minimum absolute atomic E-state index is 0.265. The SMILES string of the molecule is Cc1ccc(CC(C)NCC(=O)N2CCCCCC2)s1. The fourth-order valence-corrected chi connectivity index (χ4v) is 3.68. The maximum Gasteiger partial charge on any atom is 0.236 e. The van der Waals surface area contributed by atoms with Gasteiger partial charge in [-0.15, -0.1) is 11.3 Å². The summed E-state index contributed by atoms with van der Waals surface area (Å²) >= 11 is 1.85. The highest BCUT2D eigenvalue weighted by Gasteiger charge is 2.16. The summed E-state index contributed by atoms with van der Waals surface area (Å²) in [6, 6.07) is 4.70. The van der Waals surface area contributed by atoms with Crippen LogP contribution < -0.4 is 5.32 Å². The Morgan fingerprint density at radius 1 is 1.30 bits per heavy atom. The molecule has 2 rings (SSSR count). The summed E-state index contributed by atoms with van der Waals surface area (Å²) in [5.41, 5.74) is 0. The third kappa shape index (κ3) is 4.91. The Kier molecular flexibility index (Phi) is 6.05. The van der Waals surface area contributed by atoms with Gasteiger partial charge in [0.05, 0.1) is 6.54 Å². The van der Waals surface area contributed by atoms with E-state index >= 15 is 0 Å². The fraction of sp³-hybridized carbons (Fsp3) is 0.688. The molecule has 1 aromatic heterocycles. The molecule has 0 saturated carbocycles. The molecule has 1 amide bonds. The molecule has 2 heterocycles. The van der Waals surface area contributed by atoms with Crippen LogP contribution in [0.3, 0.4) is 0 Å². The maximum atomic E-state index is 12.2. The van der Waals surface area contributed by atoms with E-state index in [1.807, 2.05) is 16.2 Å². The predicted molar refractivity (Wildman–Crippen MR) is 85.3 cm³/mol. The predicted octanol–water partition coefficient (Wildman–Crippen LogP) is 2.98. The Morgan fingerprint density at radius 3 is 2.60 bits per heavy atom. The van der Waals surface area contributed by atoms with E-state index in [0.29, 0.717) is 12.6 Å². The minimum atomic E-state index is 0.265. The van der Waals surface area contributed by atoms with E-state index in [9.17, 15) is 4.79 Å². The largest absolute Gasteiger partial charge is 0.342 e. The summed E-state index contributed by atoms with van der Waals surface area (Å²) in [4.78, 5) is 17.0. The number of nitrogens with zero attached hydrogens (tertiary/aromatic N) is 1. The Bertz CT molecular complexity index is 422. The van der Waals surface area contributed by atoms with Gasteiger partial charge in [-0.2, -0.15) is 0 Å². The zero-order valence-electron chi connectivity index (χ0n) is 12.7. The summed E-state index contributed by atoms with van der Waals surface area (Å²) in [6.45, 7) is 6.66. The fourth-order valence-electron chi connectivity index (χ4n) is 2.66. The highest BCUT2D eigenvalue weighted by molar-refractivity contribution is 7.11. The number of amides is 1. The first-order valence-electron chi connectivity index (χ1n) is 7.71. The van der Waals surface area contributed by atoms with Gasteiger partial charge < -0.3 is 10.2 Å². The number of nitrogens with one attached hydrogen (secondary N) is 1. The van der Waals surface area contributed by atoms with Gasteiger partial charge in [0, 0.05) is 28.9 Å². The number of carbonyl (C=O) groups is 1. The molecule has 1 fully saturated rings. The van der Waals surface area contributed by atoms with Crippen molar-refractivity contribution < 1.29 is 4.79 Å². The first-order valence-corrected chi connectivity index (χ1v) is 8.53. The van der Waals surface area contributed by atoms with Crippen LogP contribution in [0.25, 0.3) is 0 Å². The van der Waals surface area contributed by atoms with Crippen LogP contribution in [0.5, 0.6) is 0 Å². The second kappa shape index (κ2) is 7.79. The van der Waals surface area contributed by atoms with Crippen LogP contribution in [-0.4, -0.2) is 36.5 Å². The van der Waals surface area contributed by atoms with Crippen LogP contribution in [0.1, 0.15) is 42.4 Å². The smallest absolute Gasteiger partial charge is 0.236 e. The van der Waals surface area contributed by atoms with Gasteiger partial charge >= 0.3 is 0 Å². The maximum absolute atomic E-state index is 12.2. The summed E-state index contributed by atoms with van der Waals surface area (Å²) < 4.78 is 0. The molecule has 1 N–H and O–H groups in total. The first kappa shape index (κ1) is 15.5. The Hall–Kier alpha value is -0.870. The molecule has 1 atom stereocenters. The quantitative estimate of drug-likeness (QED) is 0.905. The van der Waals surface area contributed by atoms with Gasteiger partial charge in [-0.25, -0.2) is 0 Å². The number of hydrogen-bond acceptors (Lipinski definition) is 3. The van der Waals surface area contributed by atoms with Gasteiger partial charge in [0.1, 0.15) is 0 Å². The standard InChI is InChI=1S/C16H26N2OS/c1-13(11-15-8-7-14(2)20-15)17-12-16(19)18-9-5-3-4-6-10-18/h7-8,13,17H,3-6,9-12H2,1-2H3. The van der Waals surface area contributed by atoms with Crippen molar-refractivity contribution in [3.63, 3.8) is 0 Å². The second-order valence-corrected chi connectivity index (χ2v) is 7.17.